The average Bonchev–Trinajstić information content (AvgIpc) is 3.08. The molecular weight excluding hydrogens is 386 g/mol. The third-order valence-corrected chi connectivity index (χ3v) is 5.01. The Kier molecular flexibility index (Phi) is 7.26. The van der Waals surface area contributed by atoms with Crippen LogP contribution in [0.5, 0.6) is 5.88 Å². The van der Waals surface area contributed by atoms with Crippen molar-refractivity contribution >= 4 is 23.0 Å². The number of hydrogen-bond donors (Lipinski definition) is 0. The molecule has 2 aromatic rings. The Hall–Kier alpha value is -3.29. The second-order valence-electron chi connectivity index (χ2n) is 7.25. The molecular formula is C22H27N3O5. The molecule has 2 rings (SSSR count). The van der Waals surface area contributed by atoms with Crippen LogP contribution in [0, 0.1) is 17.0 Å². The van der Waals surface area contributed by atoms with Crippen molar-refractivity contribution in [1.82, 2.24) is 9.78 Å². The number of benzene rings is 1. The summed E-state index contributed by atoms with van der Waals surface area (Å²) in [7, 11) is 0. The molecule has 0 aliphatic carbocycles. The van der Waals surface area contributed by atoms with E-state index in [1.54, 1.807) is 13.8 Å². The van der Waals surface area contributed by atoms with Crippen molar-refractivity contribution in [2.24, 2.45) is 0 Å². The molecule has 1 heterocycles. The molecule has 1 aromatic heterocycles. The van der Waals surface area contributed by atoms with Gasteiger partial charge in [0, 0.05) is 24.6 Å². The van der Waals surface area contributed by atoms with Crippen molar-refractivity contribution in [3.05, 3.63) is 56.3 Å². The maximum atomic E-state index is 13.4. The molecule has 0 saturated carbocycles. The highest BCUT2D eigenvalue weighted by molar-refractivity contribution is 6.12. The first kappa shape index (κ1) is 23.0. The molecule has 0 bridgehead atoms. The zero-order valence-electron chi connectivity index (χ0n) is 18.2. The number of esters is 1. The first-order valence-corrected chi connectivity index (χ1v) is 9.87. The van der Waals surface area contributed by atoms with Crippen LogP contribution in [-0.2, 0) is 11.3 Å². The number of ether oxygens (including phenoxy) is 1. The second-order valence-corrected chi connectivity index (χ2v) is 7.25. The number of aryl methyl sites for hydroxylation is 1. The van der Waals surface area contributed by atoms with Crippen molar-refractivity contribution in [2.45, 2.75) is 60.9 Å². The summed E-state index contributed by atoms with van der Waals surface area (Å²) in [5.41, 5.74) is 2.99. The van der Waals surface area contributed by atoms with E-state index in [1.807, 2.05) is 27.7 Å². The monoisotopic (exact) mass is 413 g/mol. The first-order valence-electron chi connectivity index (χ1n) is 9.87. The van der Waals surface area contributed by atoms with Crippen molar-refractivity contribution in [1.29, 1.82) is 0 Å². The van der Waals surface area contributed by atoms with E-state index in [2.05, 4.69) is 5.10 Å². The number of carbonyl (C=O) groups excluding carboxylic acids is 2. The number of ketones is 1. The Balaban J connectivity index is 2.64. The molecule has 0 aliphatic rings. The first-order chi connectivity index (χ1) is 14.1. The van der Waals surface area contributed by atoms with E-state index >= 15 is 0 Å². The Morgan fingerprint density at radius 3 is 2.37 bits per heavy atom. The molecule has 30 heavy (non-hydrogen) atoms. The predicted octanol–water partition coefficient (Wildman–Crippen LogP) is 4.87. The number of allylic oxidation sites excluding steroid dienone is 2. The second kappa shape index (κ2) is 9.47. The fraction of sp³-hybridized carbons (Fsp3) is 0.409. The number of nitro benzene ring substituents is 1. The van der Waals surface area contributed by atoms with Crippen LogP contribution in [0.25, 0.3) is 5.57 Å². The highest BCUT2D eigenvalue weighted by Crippen LogP contribution is 2.34. The minimum Gasteiger partial charge on any atom is -0.407 e. The van der Waals surface area contributed by atoms with E-state index in [1.165, 1.54) is 23.0 Å². The summed E-state index contributed by atoms with van der Waals surface area (Å²) < 4.78 is 6.88. The quantitative estimate of drug-likeness (QED) is 0.265. The van der Waals surface area contributed by atoms with Gasteiger partial charge in [-0.3, -0.25) is 19.7 Å². The summed E-state index contributed by atoms with van der Waals surface area (Å²) in [6.45, 7) is 11.3. The Labute approximate surface area is 175 Å². The molecule has 0 spiro atoms. The summed E-state index contributed by atoms with van der Waals surface area (Å²) >= 11 is 0. The van der Waals surface area contributed by atoms with Gasteiger partial charge in [-0.05, 0) is 58.2 Å². The van der Waals surface area contributed by atoms with Crippen LogP contribution in [0.2, 0.25) is 0 Å². The van der Waals surface area contributed by atoms with E-state index in [-0.39, 0.29) is 23.6 Å². The van der Waals surface area contributed by atoms with E-state index in [0.29, 0.717) is 29.7 Å². The minimum atomic E-state index is -0.448. The minimum absolute atomic E-state index is 0.0541. The van der Waals surface area contributed by atoms with Crippen molar-refractivity contribution in [3.8, 4) is 5.88 Å². The highest BCUT2D eigenvalue weighted by atomic mass is 16.6. The van der Waals surface area contributed by atoms with Gasteiger partial charge in [0.25, 0.3) is 5.69 Å². The molecule has 160 valence electrons. The predicted molar refractivity (Wildman–Crippen MR) is 114 cm³/mol. The molecule has 0 amide bonds. The van der Waals surface area contributed by atoms with Crippen LogP contribution in [-0.4, -0.2) is 26.5 Å². The highest BCUT2D eigenvalue weighted by Gasteiger charge is 2.27. The lowest BCUT2D eigenvalue weighted by Gasteiger charge is -2.14. The van der Waals surface area contributed by atoms with Gasteiger partial charge in [0.15, 0.2) is 5.78 Å². The van der Waals surface area contributed by atoms with Gasteiger partial charge in [-0.25, -0.2) is 4.68 Å². The zero-order valence-corrected chi connectivity index (χ0v) is 18.2. The van der Waals surface area contributed by atoms with Gasteiger partial charge >= 0.3 is 5.97 Å². The molecule has 0 radical (unpaired) electrons. The lowest BCUT2D eigenvalue weighted by molar-refractivity contribution is -0.385. The molecule has 8 nitrogen and oxygen atoms in total. The van der Waals surface area contributed by atoms with Gasteiger partial charge < -0.3 is 4.74 Å². The topological polar surface area (TPSA) is 104 Å². The Morgan fingerprint density at radius 1 is 1.17 bits per heavy atom. The van der Waals surface area contributed by atoms with Crippen molar-refractivity contribution < 1.29 is 19.2 Å². The summed E-state index contributed by atoms with van der Waals surface area (Å²) in [5, 5.41) is 15.7. The van der Waals surface area contributed by atoms with Crippen LogP contribution in [0.4, 0.5) is 5.69 Å². The summed E-state index contributed by atoms with van der Waals surface area (Å²) in [6.07, 6.45) is 2.22. The molecule has 0 aliphatic heterocycles. The Bertz CT molecular complexity index is 1030. The number of nitro groups is 1. The molecule has 0 unspecified atom stereocenters. The van der Waals surface area contributed by atoms with Crippen LogP contribution in [0.15, 0.2) is 23.9 Å². The van der Waals surface area contributed by atoms with Gasteiger partial charge in [-0.15, -0.1) is 0 Å². The van der Waals surface area contributed by atoms with Gasteiger partial charge in [0.1, 0.15) is 5.56 Å². The third-order valence-electron chi connectivity index (χ3n) is 5.01. The fourth-order valence-electron chi connectivity index (χ4n) is 3.19. The Morgan fingerprint density at radius 2 is 1.83 bits per heavy atom. The number of hydrogen-bond acceptors (Lipinski definition) is 6. The normalized spacial score (nSPS) is 10.6. The van der Waals surface area contributed by atoms with E-state index < -0.39 is 16.7 Å². The maximum absolute atomic E-state index is 13.4. The molecule has 0 atom stereocenters. The largest absolute Gasteiger partial charge is 0.407 e. The zero-order chi connectivity index (χ0) is 22.6. The molecule has 0 N–H and O–H groups in total. The van der Waals surface area contributed by atoms with Gasteiger partial charge in [0.05, 0.1) is 16.7 Å². The van der Waals surface area contributed by atoms with Gasteiger partial charge in [-0.2, -0.15) is 5.10 Å². The summed E-state index contributed by atoms with van der Waals surface area (Å²) in [5.74, 6) is -0.744. The molecule has 0 saturated heterocycles. The fourth-order valence-corrected chi connectivity index (χ4v) is 3.19. The number of rotatable bonds is 8. The number of nitrogens with zero attached hydrogens (tertiary/aromatic N) is 3. The van der Waals surface area contributed by atoms with Crippen molar-refractivity contribution in [3.63, 3.8) is 0 Å². The number of carbonyl (C=O) groups is 2. The average molecular weight is 413 g/mol. The summed E-state index contributed by atoms with van der Waals surface area (Å²) in [6, 6.07) is 2.79. The number of aromatic nitrogens is 2. The van der Waals surface area contributed by atoms with Crippen LogP contribution in [0.3, 0.4) is 0 Å². The van der Waals surface area contributed by atoms with Crippen LogP contribution in [0.1, 0.15) is 74.5 Å². The van der Waals surface area contributed by atoms with E-state index in [0.717, 1.165) is 11.1 Å². The maximum Gasteiger partial charge on any atom is 0.312 e. The smallest absolute Gasteiger partial charge is 0.312 e. The van der Waals surface area contributed by atoms with Crippen LogP contribution < -0.4 is 4.74 Å². The SMILES string of the molecule is CCCC(=O)Oc1c(C(=O)c2ccc([N+](=O)[O-])c(C(C)=C(C)C)c2C)cnn1CC. The van der Waals surface area contributed by atoms with Crippen LogP contribution >= 0.6 is 0 Å². The van der Waals surface area contributed by atoms with Gasteiger partial charge in [-0.1, -0.05) is 12.5 Å². The van der Waals surface area contributed by atoms with E-state index in [9.17, 15) is 19.7 Å². The molecule has 8 heteroatoms. The lowest BCUT2D eigenvalue weighted by Crippen LogP contribution is -2.14. The lowest BCUT2D eigenvalue weighted by atomic mass is 9.90. The van der Waals surface area contributed by atoms with Gasteiger partial charge in [0.2, 0.25) is 5.88 Å². The van der Waals surface area contributed by atoms with Crippen molar-refractivity contribution in [2.75, 3.05) is 0 Å². The third kappa shape index (κ3) is 4.48. The standard InChI is InChI=1S/C22H27N3O5/c1-7-9-19(26)30-22-17(12-23-24(22)8-2)21(27)16-10-11-18(25(28)29)20(15(16)6)14(5)13(3)4/h10-12H,7-9H2,1-6H3. The summed E-state index contributed by atoms with van der Waals surface area (Å²) in [4.78, 5) is 36.5. The van der Waals surface area contributed by atoms with E-state index in [4.69, 9.17) is 4.74 Å². The molecule has 0 fully saturated rings. The molecule has 1 aromatic carbocycles.